The summed E-state index contributed by atoms with van der Waals surface area (Å²) in [5.41, 5.74) is 3.70. The molecule has 1 heterocycles. The molecule has 0 bridgehead atoms. The zero-order valence-electron chi connectivity index (χ0n) is 11.7. The number of hydrogen-bond acceptors (Lipinski definition) is 4. The van der Waals surface area contributed by atoms with Crippen molar-refractivity contribution in [3.8, 4) is 11.5 Å². The van der Waals surface area contributed by atoms with Gasteiger partial charge in [0.25, 0.3) is 0 Å². The summed E-state index contributed by atoms with van der Waals surface area (Å²) in [7, 11) is 5.31. The number of aryl methyl sites for hydroxylation is 1. The first kappa shape index (κ1) is 13.9. The number of hydrogen-bond donors (Lipinski definition) is 1. The van der Waals surface area contributed by atoms with Crippen LogP contribution in [0.1, 0.15) is 22.7 Å². The molecule has 4 heteroatoms. The van der Waals surface area contributed by atoms with Gasteiger partial charge >= 0.3 is 0 Å². The van der Waals surface area contributed by atoms with Crippen molar-refractivity contribution in [3.05, 3.63) is 45.6 Å². The average molecular weight is 277 g/mol. The molecule has 0 aliphatic heterocycles. The second-order valence-electron chi connectivity index (χ2n) is 4.34. The van der Waals surface area contributed by atoms with Crippen LogP contribution in [0.25, 0.3) is 0 Å². The Labute approximate surface area is 118 Å². The van der Waals surface area contributed by atoms with E-state index in [1.54, 1.807) is 25.6 Å². The average Bonchev–Trinajstić information content (AvgIpc) is 2.86. The lowest BCUT2D eigenvalue weighted by molar-refractivity contribution is 0.388. The molecule has 0 saturated carbocycles. The molecule has 0 aliphatic rings. The molecule has 1 aromatic carbocycles. The van der Waals surface area contributed by atoms with Crippen molar-refractivity contribution in [3.63, 3.8) is 0 Å². The molecule has 0 saturated heterocycles. The predicted molar refractivity (Wildman–Crippen MR) is 79.5 cm³/mol. The van der Waals surface area contributed by atoms with Gasteiger partial charge in [-0.1, -0.05) is 0 Å². The Morgan fingerprint density at radius 3 is 2.42 bits per heavy atom. The fraction of sp³-hybridized carbons (Fsp3) is 0.333. The van der Waals surface area contributed by atoms with Crippen LogP contribution in [-0.4, -0.2) is 21.3 Å². The van der Waals surface area contributed by atoms with Crippen molar-refractivity contribution in [1.29, 1.82) is 0 Å². The summed E-state index contributed by atoms with van der Waals surface area (Å²) in [4.78, 5) is 0. The maximum atomic E-state index is 5.49. The third-order valence-corrected chi connectivity index (χ3v) is 4.13. The lowest BCUT2D eigenvalue weighted by Crippen LogP contribution is -2.18. The first-order valence-electron chi connectivity index (χ1n) is 6.13. The molecule has 1 unspecified atom stereocenters. The lowest BCUT2D eigenvalue weighted by atomic mass is 9.97. The number of nitrogens with one attached hydrogen (secondary N) is 1. The summed E-state index contributed by atoms with van der Waals surface area (Å²) in [5.74, 6) is 1.64. The van der Waals surface area contributed by atoms with Crippen LogP contribution in [-0.2, 0) is 0 Å². The summed E-state index contributed by atoms with van der Waals surface area (Å²) in [6.45, 7) is 2.13. The molecule has 19 heavy (non-hydrogen) atoms. The van der Waals surface area contributed by atoms with Gasteiger partial charge in [-0.05, 0) is 48.0 Å². The fourth-order valence-corrected chi connectivity index (χ4v) is 3.08. The Kier molecular flexibility index (Phi) is 4.45. The molecule has 1 atom stereocenters. The third kappa shape index (κ3) is 2.74. The highest BCUT2D eigenvalue weighted by Gasteiger charge is 2.19. The van der Waals surface area contributed by atoms with Gasteiger partial charge in [0.2, 0.25) is 0 Å². The van der Waals surface area contributed by atoms with E-state index >= 15 is 0 Å². The zero-order chi connectivity index (χ0) is 13.8. The molecule has 0 fully saturated rings. The van der Waals surface area contributed by atoms with E-state index in [-0.39, 0.29) is 6.04 Å². The minimum atomic E-state index is 0.132. The van der Waals surface area contributed by atoms with Gasteiger partial charge in [0, 0.05) is 11.6 Å². The maximum Gasteiger partial charge on any atom is 0.127 e. The van der Waals surface area contributed by atoms with E-state index in [1.807, 2.05) is 19.2 Å². The topological polar surface area (TPSA) is 30.5 Å². The minimum Gasteiger partial charge on any atom is -0.497 e. The van der Waals surface area contributed by atoms with Crippen LogP contribution in [0.4, 0.5) is 0 Å². The van der Waals surface area contributed by atoms with Gasteiger partial charge in [-0.15, -0.1) is 0 Å². The first-order chi connectivity index (χ1) is 9.21. The van der Waals surface area contributed by atoms with Crippen LogP contribution < -0.4 is 14.8 Å². The number of rotatable bonds is 5. The molecule has 1 aromatic heterocycles. The second kappa shape index (κ2) is 6.08. The SMILES string of the molecule is CNC(c1cscc1C)c1ccc(OC)cc1OC. The normalized spacial score (nSPS) is 12.2. The van der Waals surface area contributed by atoms with E-state index in [4.69, 9.17) is 9.47 Å². The highest BCUT2D eigenvalue weighted by Crippen LogP contribution is 2.35. The van der Waals surface area contributed by atoms with E-state index < -0.39 is 0 Å². The molecule has 0 radical (unpaired) electrons. The summed E-state index contributed by atoms with van der Waals surface area (Å²) < 4.78 is 10.7. The van der Waals surface area contributed by atoms with Crippen molar-refractivity contribution in [2.45, 2.75) is 13.0 Å². The third-order valence-electron chi connectivity index (χ3n) is 3.25. The molecule has 3 nitrogen and oxygen atoms in total. The lowest BCUT2D eigenvalue weighted by Gasteiger charge is -2.20. The maximum absolute atomic E-state index is 5.49. The highest BCUT2D eigenvalue weighted by atomic mass is 32.1. The molecule has 2 rings (SSSR count). The number of methoxy groups -OCH3 is 2. The van der Waals surface area contributed by atoms with Crippen LogP contribution in [0.2, 0.25) is 0 Å². The van der Waals surface area contributed by atoms with E-state index in [9.17, 15) is 0 Å². The number of ether oxygens (including phenoxy) is 2. The Balaban J connectivity index is 2.46. The molecule has 0 aliphatic carbocycles. The molecule has 0 amide bonds. The van der Waals surface area contributed by atoms with Crippen LogP contribution in [0.15, 0.2) is 29.0 Å². The van der Waals surface area contributed by atoms with Crippen molar-refractivity contribution in [1.82, 2.24) is 5.32 Å². The Hall–Kier alpha value is -1.52. The molecular formula is C15H19NO2S. The van der Waals surface area contributed by atoms with Crippen molar-refractivity contribution in [2.75, 3.05) is 21.3 Å². The first-order valence-corrected chi connectivity index (χ1v) is 7.07. The summed E-state index contributed by atoms with van der Waals surface area (Å²) >= 11 is 1.72. The summed E-state index contributed by atoms with van der Waals surface area (Å²) in [5, 5.41) is 7.70. The summed E-state index contributed by atoms with van der Waals surface area (Å²) in [6.07, 6.45) is 0. The van der Waals surface area contributed by atoms with Crippen LogP contribution in [0.5, 0.6) is 11.5 Å². The van der Waals surface area contributed by atoms with Crippen molar-refractivity contribution >= 4 is 11.3 Å². The highest BCUT2D eigenvalue weighted by molar-refractivity contribution is 7.08. The van der Waals surface area contributed by atoms with Gasteiger partial charge in [-0.3, -0.25) is 0 Å². The summed E-state index contributed by atoms with van der Waals surface area (Å²) in [6, 6.07) is 6.06. The van der Waals surface area contributed by atoms with Crippen molar-refractivity contribution in [2.24, 2.45) is 0 Å². The second-order valence-corrected chi connectivity index (χ2v) is 5.08. The quantitative estimate of drug-likeness (QED) is 0.909. The van der Waals surface area contributed by atoms with Gasteiger partial charge in [0.05, 0.1) is 20.3 Å². The van der Waals surface area contributed by atoms with Crippen molar-refractivity contribution < 1.29 is 9.47 Å². The van der Waals surface area contributed by atoms with E-state index in [0.717, 1.165) is 17.1 Å². The fourth-order valence-electron chi connectivity index (χ4n) is 2.20. The van der Waals surface area contributed by atoms with E-state index in [1.165, 1.54) is 11.1 Å². The largest absolute Gasteiger partial charge is 0.497 e. The number of thiophene rings is 1. The minimum absolute atomic E-state index is 0.132. The van der Waals surface area contributed by atoms with Crippen LogP contribution >= 0.6 is 11.3 Å². The molecule has 1 N–H and O–H groups in total. The monoisotopic (exact) mass is 277 g/mol. The Morgan fingerprint density at radius 1 is 1.11 bits per heavy atom. The predicted octanol–water partition coefficient (Wildman–Crippen LogP) is 3.38. The standard InChI is InChI=1S/C15H19NO2S/c1-10-8-19-9-13(10)15(16-2)12-6-5-11(17-3)7-14(12)18-4/h5-9,15-16H,1-4H3. The Morgan fingerprint density at radius 2 is 1.89 bits per heavy atom. The molecule has 102 valence electrons. The zero-order valence-corrected chi connectivity index (χ0v) is 12.5. The van der Waals surface area contributed by atoms with Crippen LogP contribution in [0, 0.1) is 6.92 Å². The molecule has 2 aromatic rings. The molecular weight excluding hydrogens is 258 g/mol. The van der Waals surface area contributed by atoms with E-state index in [0.29, 0.717) is 0 Å². The van der Waals surface area contributed by atoms with Gasteiger partial charge < -0.3 is 14.8 Å². The Bertz CT molecular complexity index is 551. The van der Waals surface area contributed by atoms with Crippen LogP contribution in [0.3, 0.4) is 0 Å². The van der Waals surface area contributed by atoms with E-state index in [2.05, 4.69) is 29.1 Å². The molecule has 0 spiro atoms. The van der Waals surface area contributed by atoms with Gasteiger partial charge in [-0.2, -0.15) is 11.3 Å². The van der Waals surface area contributed by atoms with Gasteiger partial charge in [-0.25, -0.2) is 0 Å². The number of benzene rings is 1. The van der Waals surface area contributed by atoms with Gasteiger partial charge in [0.1, 0.15) is 11.5 Å². The van der Waals surface area contributed by atoms with Gasteiger partial charge in [0.15, 0.2) is 0 Å². The smallest absolute Gasteiger partial charge is 0.127 e.